The van der Waals surface area contributed by atoms with E-state index in [4.69, 9.17) is 4.74 Å². The number of aromatic nitrogens is 4. The van der Waals surface area contributed by atoms with Gasteiger partial charge in [-0.3, -0.25) is 0 Å². The molecule has 0 fully saturated rings. The fraction of sp³-hybridized carbons (Fsp3) is 0.188. The Morgan fingerprint density at radius 2 is 2.00 bits per heavy atom. The lowest BCUT2D eigenvalue weighted by molar-refractivity contribution is -0.137. The summed E-state index contributed by atoms with van der Waals surface area (Å²) in [5.41, 5.74) is 1.54. The molecule has 24 heavy (non-hydrogen) atoms. The van der Waals surface area contributed by atoms with Crippen molar-refractivity contribution in [3.8, 4) is 17.1 Å². The lowest BCUT2D eigenvalue weighted by atomic mass is 10.0. The number of benzene rings is 2. The Kier molecular flexibility index (Phi) is 3.26. The van der Waals surface area contributed by atoms with Crippen LogP contribution in [-0.2, 0) is 12.6 Å². The molecule has 2 aromatic carbocycles. The summed E-state index contributed by atoms with van der Waals surface area (Å²) in [5.74, 6) is 1.01. The number of H-pyrrole nitrogens is 1. The number of tetrazole rings is 1. The van der Waals surface area contributed by atoms with Crippen LogP contribution in [0.4, 0.5) is 13.2 Å². The van der Waals surface area contributed by atoms with Crippen molar-refractivity contribution in [2.24, 2.45) is 0 Å². The molecular formula is C16H11F3N4O. The fourth-order valence-corrected chi connectivity index (χ4v) is 2.78. The van der Waals surface area contributed by atoms with Crippen LogP contribution in [0.25, 0.3) is 11.4 Å². The van der Waals surface area contributed by atoms with E-state index in [9.17, 15) is 13.2 Å². The number of rotatable bonds is 2. The third-order valence-electron chi connectivity index (χ3n) is 3.94. The highest BCUT2D eigenvalue weighted by atomic mass is 19.4. The van der Waals surface area contributed by atoms with Gasteiger partial charge in [0.1, 0.15) is 11.9 Å². The van der Waals surface area contributed by atoms with Crippen molar-refractivity contribution in [3.05, 3.63) is 59.2 Å². The van der Waals surface area contributed by atoms with Crippen molar-refractivity contribution in [1.82, 2.24) is 20.6 Å². The molecular weight excluding hydrogens is 321 g/mol. The molecule has 2 heterocycles. The topological polar surface area (TPSA) is 63.7 Å². The van der Waals surface area contributed by atoms with Gasteiger partial charge in [0.25, 0.3) is 0 Å². The van der Waals surface area contributed by atoms with Gasteiger partial charge in [0.15, 0.2) is 5.82 Å². The summed E-state index contributed by atoms with van der Waals surface area (Å²) >= 11 is 0. The van der Waals surface area contributed by atoms with E-state index < -0.39 is 11.7 Å². The molecule has 1 unspecified atom stereocenters. The average Bonchev–Trinajstić information content (AvgIpc) is 3.23. The largest absolute Gasteiger partial charge is 0.485 e. The Bertz CT molecular complexity index is 877. The van der Waals surface area contributed by atoms with Crippen molar-refractivity contribution >= 4 is 0 Å². The molecule has 1 aromatic heterocycles. The second kappa shape index (κ2) is 5.33. The molecule has 8 heteroatoms. The maximum absolute atomic E-state index is 12.8. The number of hydrogen-bond donors (Lipinski definition) is 1. The Labute approximate surface area is 134 Å². The van der Waals surface area contributed by atoms with Crippen LogP contribution in [0.3, 0.4) is 0 Å². The molecule has 0 aliphatic carbocycles. The first-order valence-electron chi connectivity index (χ1n) is 7.21. The summed E-state index contributed by atoms with van der Waals surface area (Å²) in [5, 5.41) is 13.6. The molecule has 3 aromatic rings. The van der Waals surface area contributed by atoms with Crippen LogP contribution in [0.5, 0.6) is 5.75 Å². The van der Waals surface area contributed by atoms with Crippen LogP contribution in [0, 0.1) is 0 Å². The minimum atomic E-state index is -4.35. The van der Waals surface area contributed by atoms with E-state index in [1.165, 1.54) is 6.07 Å². The molecule has 122 valence electrons. The normalized spacial score (nSPS) is 16.7. The van der Waals surface area contributed by atoms with Gasteiger partial charge in [-0.1, -0.05) is 18.2 Å². The van der Waals surface area contributed by atoms with Crippen LogP contribution < -0.4 is 4.74 Å². The highest BCUT2D eigenvalue weighted by Crippen LogP contribution is 2.40. The average molecular weight is 332 g/mol. The Morgan fingerprint density at radius 3 is 2.75 bits per heavy atom. The van der Waals surface area contributed by atoms with E-state index in [1.54, 1.807) is 0 Å². The molecule has 4 rings (SSSR count). The van der Waals surface area contributed by atoms with Crippen LogP contribution in [0.15, 0.2) is 42.5 Å². The summed E-state index contributed by atoms with van der Waals surface area (Å²) in [4.78, 5) is 0. The van der Waals surface area contributed by atoms with Gasteiger partial charge >= 0.3 is 6.18 Å². The maximum Gasteiger partial charge on any atom is 0.416 e. The number of ether oxygens (including phenoxy) is 1. The molecule has 0 saturated heterocycles. The van der Waals surface area contributed by atoms with Gasteiger partial charge in [0.2, 0.25) is 0 Å². The summed E-state index contributed by atoms with van der Waals surface area (Å²) in [6.07, 6.45) is -4.30. The van der Waals surface area contributed by atoms with Gasteiger partial charge in [0.05, 0.1) is 5.56 Å². The van der Waals surface area contributed by atoms with Gasteiger partial charge in [-0.05, 0) is 45.8 Å². The molecule has 1 N–H and O–H groups in total. The molecule has 1 aliphatic heterocycles. The molecule has 0 bridgehead atoms. The Hall–Kier alpha value is -2.90. The van der Waals surface area contributed by atoms with Crippen molar-refractivity contribution in [1.29, 1.82) is 0 Å². The minimum Gasteiger partial charge on any atom is -0.485 e. The zero-order chi connectivity index (χ0) is 16.7. The number of nitrogens with zero attached hydrogens (tertiary/aromatic N) is 3. The summed E-state index contributed by atoms with van der Waals surface area (Å²) in [6.45, 7) is 0. The van der Waals surface area contributed by atoms with Crippen molar-refractivity contribution < 1.29 is 17.9 Å². The van der Waals surface area contributed by atoms with E-state index in [1.807, 2.05) is 24.3 Å². The van der Waals surface area contributed by atoms with Gasteiger partial charge in [-0.2, -0.15) is 13.2 Å². The first-order valence-corrected chi connectivity index (χ1v) is 7.21. The van der Waals surface area contributed by atoms with Crippen LogP contribution >= 0.6 is 0 Å². The minimum absolute atomic E-state index is 0.334. The Balaban J connectivity index is 1.62. The van der Waals surface area contributed by atoms with Crippen molar-refractivity contribution in [2.45, 2.75) is 18.7 Å². The van der Waals surface area contributed by atoms with Crippen LogP contribution in [0.1, 0.15) is 22.8 Å². The second-order valence-corrected chi connectivity index (χ2v) is 5.51. The van der Waals surface area contributed by atoms with Crippen molar-refractivity contribution in [3.63, 3.8) is 0 Å². The van der Waals surface area contributed by atoms with E-state index >= 15 is 0 Å². The van der Waals surface area contributed by atoms with Gasteiger partial charge in [0, 0.05) is 12.0 Å². The zero-order valence-electron chi connectivity index (χ0n) is 12.2. The van der Waals surface area contributed by atoms with Gasteiger partial charge in [-0.25, -0.2) is 5.10 Å². The van der Waals surface area contributed by atoms with E-state index in [2.05, 4.69) is 20.6 Å². The third-order valence-corrected chi connectivity index (χ3v) is 3.94. The quantitative estimate of drug-likeness (QED) is 0.779. The predicted molar refractivity (Wildman–Crippen MR) is 78.1 cm³/mol. The number of alkyl halides is 3. The molecule has 5 nitrogen and oxygen atoms in total. The molecule has 1 aliphatic rings. The van der Waals surface area contributed by atoms with Crippen LogP contribution in [0.2, 0.25) is 0 Å². The monoisotopic (exact) mass is 332 g/mol. The van der Waals surface area contributed by atoms with Gasteiger partial charge in [-0.15, -0.1) is 5.10 Å². The van der Waals surface area contributed by atoms with E-state index in [0.717, 1.165) is 23.3 Å². The smallest absolute Gasteiger partial charge is 0.416 e. The van der Waals surface area contributed by atoms with Crippen molar-refractivity contribution in [2.75, 3.05) is 0 Å². The Morgan fingerprint density at radius 1 is 1.12 bits per heavy atom. The number of hydrogen-bond acceptors (Lipinski definition) is 4. The molecule has 0 saturated carbocycles. The SMILES string of the molecule is FC(F)(F)c1ccc2c(c1)CC(c1cccc(-c3nnn[nH]3)c1)O2. The molecule has 0 radical (unpaired) electrons. The van der Waals surface area contributed by atoms with E-state index in [0.29, 0.717) is 23.6 Å². The molecule has 0 spiro atoms. The molecule has 1 atom stereocenters. The predicted octanol–water partition coefficient (Wildman–Crippen LogP) is 3.56. The standard InChI is InChI=1S/C16H11F3N4O/c17-16(18,19)12-4-5-13-11(7-12)8-14(24-13)9-2-1-3-10(6-9)15-20-22-23-21-15/h1-7,14H,8H2,(H,20,21,22,23). The number of halogens is 3. The zero-order valence-corrected chi connectivity index (χ0v) is 12.2. The first kappa shape index (κ1) is 14.7. The first-order chi connectivity index (χ1) is 11.5. The lowest BCUT2D eigenvalue weighted by Crippen LogP contribution is -2.04. The fourth-order valence-electron chi connectivity index (χ4n) is 2.78. The lowest BCUT2D eigenvalue weighted by Gasteiger charge is -2.11. The third kappa shape index (κ3) is 2.60. The summed E-state index contributed by atoms with van der Waals surface area (Å²) in [7, 11) is 0. The number of nitrogens with one attached hydrogen (secondary N) is 1. The van der Waals surface area contributed by atoms with Gasteiger partial charge < -0.3 is 4.74 Å². The van der Waals surface area contributed by atoms with Crippen LogP contribution in [-0.4, -0.2) is 20.6 Å². The number of aromatic amines is 1. The highest BCUT2D eigenvalue weighted by molar-refractivity contribution is 5.56. The summed E-state index contributed by atoms with van der Waals surface area (Å²) < 4.78 is 44.3. The highest BCUT2D eigenvalue weighted by Gasteiger charge is 2.33. The maximum atomic E-state index is 12.8. The van der Waals surface area contributed by atoms with E-state index in [-0.39, 0.29) is 6.10 Å². The molecule has 0 amide bonds. The summed E-state index contributed by atoms with van der Waals surface area (Å²) in [6, 6.07) is 11.0. The second-order valence-electron chi connectivity index (χ2n) is 5.51. The number of fused-ring (bicyclic) bond motifs is 1.